The Morgan fingerprint density at radius 3 is 2.53 bits per heavy atom. The predicted molar refractivity (Wildman–Crippen MR) is 61.0 cm³/mol. The van der Waals surface area contributed by atoms with Gasteiger partial charge in [-0.25, -0.2) is 18.4 Å². The van der Waals surface area contributed by atoms with Crippen LogP contribution in [0.4, 0.5) is 5.82 Å². The van der Waals surface area contributed by atoms with Gasteiger partial charge in [0.2, 0.25) is 15.0 Å². The van der Waals surface area contributed by atoms with Crippen molar-refractivity contribution in [1.29, 1.82) is 0 Å². The first kappa shape index (κ1) is 12.1. The number of hydrogen-bond acceptors (Lipinski definition) is 6. The Hall–Kier alpha value is -1.41. The second kappa shape index (κ2) is 4.11. The molecule has 1 amide bonds. The molecule has 0 bridgehead atoms. The molecule has 1 aromatic rings. The number of nitrogens with zero attached hydrogens (tertiary/aromatic N) is 2. The van der Waals surface area contributed by atoms with Gasteiger partial charge in [-0.05, 0) is 0 Å². The summed E-state index contributed by atoms with van der Waals surface area (Å²) in [6, 6.07) is 0. The fourth-order valence-corrected chi connectivity index (χ4v) is 2.17. The van der Waals surface area contributed by atoms with Crippen LogP contribution >= 0.6 is 11.6 Å². The monoisotopic (exact) mass is 276 g/mol. The number of aromatic nitrogens is 2. The minimum atomic E-state index is -3.57. The molecule has 17 heavy (non-hydrogen) atoms. The zero-order valence-corrected chi connectivity index (χ0v) is 10.4. The van der Waals surface area contributed by atoms with Crippen molar-refractivity contribution in [2.24, 2.45) is 0 Å². The number of carbonyl (C=O) groups excluding carboxylic acids is 1. The summed E-state index contributed by atoms with van der Waals surface area (Å²) in [5.74, 6) is -0.282. The molecule has 0 spiro atoms. The maximum atomic E-state index is 11.6. The highest BCUT2D eigenvalue weighted by Crippen LogP contribution is 2.23. The molecule has 0 saturated heterocycles. The van der Waals surface area contributed by atoms with Gasteiger partial charge in [0.1, 0.15) is 16.5 Å². The van der Waals surface area contributed by atoms with Crippen LogP contribution in [0.3, 0.4) is 0 Å². The molecule has 2 rings (SSSR count). The fourth-order valence-electron chi connectivity index (χ4n) is 1.35. The Morgan fingerprint density at radius 1 is 1.24 bits per heavy atom. The number of sulfone groups is 1. The standard InChI is InChI=1S/C8H9ClN4O3S/c1-17(15,16)8-12-5(9)4-6(13-8)10-2-3-11-7(4)14/h2-3H2,1H3,(H,11,14)(H,10,12,13). The van der Waals surface area contributed by atoms with Crippen LogP contribution in [0.15, 0.2) is 5.16 Å². The van der Waals surface area contributed by atoms with Crippen molar-refractivity contribution >= 4 is 33.2 Å². The molecule has 1 aliphatic rings. The number of amides is 1. The van der Waals surface area contributed by atoms with Gasteiger partial charge in [-0.2, -0.15) is 0 Å². The lowest BCUT2D eigenvalue weighted by atomic mass is 10.3. The first-order valence-electron chi connectivity index (χ1n) is 4.69. The lowest BCUT2D eigenvalue weighted by Gasteiger charge is -2.07. The first-order valence-corrected chi connectivity index (χ1v) is 6.96. The molecule has 1 aliphatic heterocycles. The van der Waals surface area contributed by atoms with E-state index in [4.69, 9.17) is 11.6 Å². The van der Waals surface area contributed by atoms with E-state index in [1.165, 1.54) is 0 Å². The van der Waals surface area contributed by atoms with E-state index in [9.17, 15) is 13.2 Å². The molecule has 7 nitrogen and oxygen atoms in total. The molecular formula is C8H9ClN4O3S. The van der Waals surface area contributed by atoms with Crippen molar-refractivity contribution in [3.05, 3.63) is 10.7 Å². The minimum Gasteiger partial charge on any atom is -0.367 e. The third-order valence-corrected chi connectivity index (χ3v) is 3.23. The summed E-state index contributed by atoms with van der Waals surface area (Å²) in [6.45, 7) is 0.842. The van der Waals surface area contributed by atoms with Gasteiger partial charge in [0, 0.05) is 19.3 Å². The molecule has 2 N–H and O–H groups in total. The molecule has 92 valence electrons. The molecule has 2 heterocycles. The molecule has 1 aromatic heterocycles. The highest BCUT2D eigenvalue weighted by atomic mass is 35.5. The van der Waals surface area contributed by atoms with Gasteiger partial charge in [0.25, 0.3) is 5.91 Å². The molecule has 9 heteroatoms. The van der Waals surface area contributed by atoms with Crippen LogP contribution in [-0.4, -0.2) is 43.6 Å². The summed E-state index contributed by atoms with van der Waals surface area (Å²) < 4.78 is 22.7. The Kier molecular flexibility index (Phi) is 2.92. The van der Waals surface area contributed by atoms with Crippen molar-refractivity contribution in [3.8, 4) is 0 Å². The van der Waals surface area contributed by atoms with E-state index in [2.05, 4.69) is 20.6 Å². The van der Waals surface area contributed by atoms with Crippen LogP contribution in [0.25, 0.3) is 0 Å². The van der Waals surface area contributed by atoms with Crippen LogP contribution in [-0.2, 0) is 9.84 Å². The van der Waals surface area contributed by atoms with Gasteiger partial charge in [-0.3, -0.25) is 4.79 Å². The van der Waals surface area contributed by atoms with Crippen LogP contribution in [0, 0.1) is 0 Å². The van der Waals surface area contributed by atoms with E-state index in [0.717, 1.165) is 6.26 Å². The van der Waals surface area contributed by atoms with Gasteiger partial charge >= 0.3 is 0 Å². The van der Waals surface area contributed by atoms with Crippen LogP contribution in [0.5, 0.6) is 0 Å². The van der Waals surface area contributed by atoms with Crippen molar-refractivity contribution in [1.82, 2.24) is 15.3 Å². The molecule has 0 unspecified atom stereocenters. The smallest absolute Gasteiger partial charge is 0.258 e. The molecule has 0 radical (unpaired) electrons. The van der Waals surface area contributed by atoms with Crippen molar-refractivity contribution < 1.29 is 13.2 Å². The van der Waals surface area contributed by atoms with E-state index in [-0.39, 0.29) is 16.5 Å². The molecule has 0 saturated carbocycles. The highest BCUT2D eigenvalue weighted by molar-refractivity contribution is 7.90. The van der Waals surface area contributed by atoms with Crippen molar-refractivity contribution in [3.63, 3.8) is 0 Å². The molecule has 0 fully saturated rings. The maximum absolute atomic E-state index is 11.6. The number of halogens is 1. The second-order valence-electron chi connectivity index (χ2n) is 3.48. The SMILES string of the molecule is CS(=O)(=O)c1nc(Cl)c2c(n1)NCCNC2=O. The van der Waals surface area contributed by atoms with Gasteiger partial charge in [0.15, 0.2) is 0 Å². The van der Waals surface area contributed by atoms with Crippen LogP contribution < -0.4 is 10.6 Å². The Bertz CT molecular complexity index is 587. The van der Waals surface area contributed by atoms with Gasteiger partial charge in [-0.1, -0.05) is 11.6 Å². The zero-order valence-electron chi connectivity index (χ0n) is 8.82. The topological polar surface area (TPSA) is 101 Å². The number of rotatable bonds is 1. The number of anilines is 1. The summed E-state index contributed by atoms with van der Waals surface area (Å²) in [4.78, 5) is 19.0. The fraction of sp³-hybridized carbons (Fsp3) is 0.375. The molecule has 0 atom stereocenters. The number of hydrogen-bond donors (Lipinski definition) is 2. The normalized spacial score (nSPS) is 15.5. The van der Waals surface area contributed by atoms with Crippen molar-refractivity contribution in [2.75, 3.05) is 24.7 Å². The van der Waals surface area contributed by atoms with E-state index >= 15 is 0 Å². The van der Waals surface area contributed by atoms with E-state index in [1.54, 1.807) is 0 Å². The predicted octanol–water partition coefficient (Wildman–Crippen LogP) is -0.311. The van der Waals surface area contributed by atoms with E-state index in [1.807, 2.05) is 0 Å². The average molecular weight is 277 g/mol. The Labute approximate surface area is 103 Å². The van der Waals surface area contributed by atoms with E-state index in [0.29, 0.717) is 13.1 Å². The van der Waals surface area contributed by atoms with Gasteiger partial charge < -0.3 is 10.6 Å². The summed E-state index contributed by atoms with van der Waals surface area (Å²) in [7, 11) is -3.57. The third kappa shape index (κ3) is 2.32. The van der Waals surface area contributed by atoms with Gasteiger partial charge in [-0.15, -0.1) is 0 Å². The number of nitrogens with one attached hydrogen (secondary N) is 2. The van der Waals surface area contributed by atoms with E-state index < -0.39 is 20.9 Å². The number of carbonyl (C=O) groups is 1. The van der Waals surface area contributed by atoms with Gasteiger partial charge in [0.05, 0.1) is 0 Å². The summed E-state index contributed by atoms with van der Waals surface area (Å²) >= 11 is 5.80. The lowest BCUT2D eigenvalue weighted by molar-refractivity contribution is 0.0957. The lowest BCUT2D eigenvalue weighted by Crippen LogP contribution is -2.25. The third-order valence-electron chi connectivity index (χ3n) is 2.11. The van der Waals surface area contributed by atoms with Crippen LogP contribution in [0.2, 0.25) is 5.15 Å². The van der Waals surface area contributed by atoms with Crippen molar-refractivity contribution in [2.45, 2.75) is 5.16 Å². The average Bonchev–Trinajstić information content (AvgIpc) is 2.39. The summed E-state index contributed by atoms with van der Waals surface area (Å²) in [5.41, 5.74) is 0.0663. The molecule has 0 aromatic carbocycles. The zero-order chi connectivity index (χ0) is 12.6. The minimum absolute atomic E-state index is 0.0663. The largest absolute Gasteiger partial charge is 0.367 e. The molecular weight excluding hydrogens is 268 g/mol. The van der Waals surface area contributed by atoms with Crippen LogP contribution in [0.1, 0.15) is 10.4 Å². The Morgan fingerprint density at radius 2 is 1.88 bits per heavy atom. The number of fused-ring (bicyclic) bond motifs is 1. The molecule has 0 aliphatic carbocycles. The summed E-state index contributed by atoms with van der Waals surface area (Å²) in [6.07, 6.45) is 0.974. The summed E-state index contributed by atoms with van der Waals surface area (Å²) in [5, 5.41) is 4.83. The Balaban J connectivity index is 2.65. The quantitative estimate of drug-likeness (QED) is 0.539. The second-order valence-corrected chi connectivity index (χ2v) is 5.74. The maximum Gasteiger partial charge on any atom is 0.258 e. The highest BCUT2D eigenvalue weighted by Gasteiger charge is 2.24. The first-order chi connectivity index (χ1) is 7.89.